The molecule has 4 heteroatoms. The Labute approximate surface area is 106 Å². The van der Waals surface area contributed by atoms with Gasteiger partial charge in [0.05, 0.1) is 11.7 Å². The van der Waals surface area contributed by atoms with Crippen LogP contribution in [-0.2, 0) is 0 Å². The van der Waals surface area contributed by atoms with E-state index in [0.717, 1.165) is 31.4 Å². The monoisotopic (exact) mass is 247 g/mol. The van der Waals surface area contributed by atoms with E-state index in [0.29, 0.717) is 17.6 Å². The molecule has 2 aliphatic heterocycles. The third-order valence-corrected chi connectivity index (χ3v) is 4.12. The molecular weight excluding hydrogens is 230 g/mol. The number of aliphatic hydroxyl groups excluding tert-OH is 1. The Morgan fingerprint density at radius 3 is 2.17 bits per heavy atom. The minimum atomic E-state index is -0.890. The zero-order valence-corrected chi connectivity index (χ0v) is 10.1. The predicted molar refractivity (Wildman–Crippen MR) is 67.9 cm³/mol. The first kappa shape index (κ1) is 11.5. The van der Waals surface area contributed by atoms with E-state index < -0.39 is 5.97 Å². The van der Waals surface area contributed by atoms with Crippen LogP contribution in [0.2, 0.25) is 0 Å². The van der Waals surface area contributed by atoms with Crippen LogP contribution in [0.4, 0.5) is 5.69 Å². The van der Waals surface area contributed by atoms with E-state index in [2.05, 4.69) is 4.90 Å². The SMILES string of the molecule is O=C(O)c1ccc(N2C3CCC2CC(O)C3)cc1. The fourth-order valence-electron chi connectivity index (χ4n) is 3.35. The molecule has 2 bridgehead atoms. The molecule has 1 aromatic carbocycles. The van der Waals surface area contributed by atoms with E-state index in [9.17, 15) is 9.90 Å². The molecule has 0 saturated carbocycles. The van der Waals surface area contributed by atoms with Crippen molar-refractivity contribution in [1.82, 2.24) is 0 Å². The van der Waals surface area contributed by atoms with Crippen LogP contribution in [0.3, 0.4) is 0 Å². The molecule has 0 aliphatic carbocycles. The molecule has 2 atom stereocenters. The highest BCUT2D eigenvalue weighted by Gasteiger charge is 2.40. The van der Waals surface area contributed by atoms with Crippen molar-refractivity contribution >= 4 is 11.7 Å². The van der Waals surface area contributed by atoms with Gasteiger partial charge in [-0.15, -0.1) is 0 Å². The predicted octanol–water partition coefficient (Wildman–Crippen LogP) is 1.88. The van der Waals surface area contributed by atoms with Gasteiger partial charge in [0.2, 0.25) is 0 Å². The van der Waals surface area contributed by atoms with Gasteiger partial charge in [-0.25, -0.2) is 4.79 Å². The molecule has 4 nitrogen and oxygen atoms in total. The Morgan fingerprint density at radius 1 is 1.11 bits per heavy atom. The van der Waals surface area contributed by atoms with E-state index in [-0.39, 0.29) is 6.10 Å². The zero-order chi connectivity index (χ0) is 12.7. The van der Waals surface area contributed by atoms with Crippen LogP contribution in [0.1, 0.15) is 36.0 Å². The van der Waals surface area contributed by atoms with Crippen LogP contribution in [0, 0.1) is 0 Å². The van der Waals surface area contributed by atoms with Gasteiger partial charge in [-0.2, -0.15) is 0 Å². The van der Waals surface area contributed by atoms with Crippen LogP contribution in [-0.4, -0.2) is 34.4 Å². The van der Waals surface area contributed by atoms with E-state index in [1.807, 2.05) is 12.1 Å². The number of fused-ring (bicyclic) bond motifs is 2. The fourth-order valence-corrected chi connectivity index (χ4v) is 3.35. The minimum Gasteiger partial charge on any atom is -0.478 e. The minimum absolute atomic E-state index is 0.169. The number of aliphatic hydroxyl groups is 1. The first-order valence-electron chi connectivity index (χ1n) is 6.45. The van der Waals surface area contributed by atoms with Gasteiger partial charge in [0.1, 0.15) is 0 Å². The Balaban J connectivity index is 1.85. The molecule has 2 heterocycles. The lowest BCUT2D eigenvalue weighted by atomic mass is 9.99. The summed E-state index contributed by atoms with van der Waals surface area (Å²) >= 11 is 0. The summed E-state index contributed by atoms with van der Waals surface area (Å²) in [5, 5.41) is 18.7. The maximum absolute atomic E-state index is 10.8. The Kier molecular flexibility index (Phi) is 2.74. The largest absolute Gasteiger partial charge is 0.478 e. The van der Waals surface area contributed by atoms with Crippen LogP contribution in [0.15, 0.2) is 24.3 Å². The molecule has 0 spiro atoms. The molecule has 96 valence electrons. The Bertz CT molecular complexity index is 443. The first-order valence-corrected chi connectivity index (χ1v) is 6.45. The van der Waals surface area contributed by atoms with Gasteiger partial charge in [-0.05, 0) is 49.9 Å². The van der Waals surface area contributed by atoms with Crippen molar-refractivity contribution in [3.63, 3.8) is 0 Å². The number of rotatable bonds is 2. The van der Waals surface area contributed by atoms with Gasteiger partial charge >= 0.3 is 5.97 Å². The maximum Gasteiger partial charge on any atom is 0.335 e. The average molecular weight is 247 g/mol. The van der Waals surface area contributed by atoms with Gasteiger partial charge in [-0.1, -0.05) is 0 Å². The second-order valence-electron chi connectivity index (χ2n) is 5.27. The smallest absolute Gasteiger partial charge is 0.335 e. The van der Waals surface area contributed by atoms with Crippen molar-refractivity contribution in [1.29, 1.82) is 0 Å². The van der Waals surface area contributed by atoms with Crippen LogP contribution in [0.25, 0.3) is 0 Å². The molecule has 3 rings (SSSR count). The Morgan fingerprint density at radius 2 is 1.67 bits per heavy atom. The number of hydrogen-bond donors (Lipinski definition) is 2. The number of carbonyl (C=O) groups is 1. The van der Waals surface area contributed by atoms with E-state index in [1.165, 1.54) is 0 Å². The molecule has 2 fully saturated rings. The zero-order valence-electron chi connectivity index (χ0n) is 10.1. The number of anilines is 1. The van der Waals surface area contributed by atoms with E-state index in [1.54, 1.807) is 12.1 Å². The quantitative estimate of drug-likeness (QED) is 0.837. The highest BCUT2D eigenvalue weighted by atomic mass is 16.4. The normalized spacial score (nSPS) is 30.5. The highest BCUT2D eigenvalue weighted by molar-refractivity contribution is 5.88. The number of piperidine rings is 1. The summed E-state index contributed by atoms with van der Waals surface area (Å²) in [6.07, 6.45) is 3.75. The topological polar surface area (TPSA) is 60.8 Å². The van der Waals surface area contributed by atoms with E-state index in [4.69, 9.17) is 5.11 Å². The van der Waals surface area contributed by atoms with Crippen molar-refractivity contribution in [2.45, 2.75) is 43.9 Å². The molecule has 2 saturated heterocycles. The summed E-state index contributed by atoms with van der Waals surface area (Å²) in [7, 11) is 0. The maximum atomic E-state index is 10.8. The second kappa shape index (κ2) is 4.28. The van der Waals surface area contributed by atoms with Gasteiger partial charge in [0.15, 0.2) is 0 Å². The van der Waals surface area contributed by atoms with Gasteiger partial charge in [0, 0.05) is 17.8 Å². The number of carboxylic acid groups (broad SMARTS) is 1. The average Bonchev–Trinajstić information content (AvgIpc) is 2.62. The number of carboxylic acids is 1. The molecule has 18 heavy (non-hydrogen) atoms. The van der Waals surface area contributed by atoms with Crippen LogP contribution in [0.5, 0.6) is 0 Å². The molecule has 2 aliphatic rings. The third-order valence-electron chi connectivity index (χ3n) is 4.12. The van der Waals surface area contributed by atoms with Crippen molar-refractivity contribution in [3.8, 4) is 0 Å². The summed E-state index contributed by atoms with van der Waals surface area (Å²) in [5.74, 6) is -0.890. The van der Waals surface area contributed by atoms with E-state index >= 15 is 0 Å². The number of benzene rings is 1. The molecule has 2 N–H and O–H groups in total. The third kappa shape index (κ3) is 1.86. The van der Waals surface area contributed by atoms with Crippen LogP contribution < -0.4 is 4.90 Å². The lowest BCUT2D eigenvalue weighted by Gasteiger charge is -2.39. The standard InChI is InChI=1S/C14H17NO3/c16-13-7-11-5-6-12(8-13)15(11)10-3-1-9(2-4-10)14(17)18/h1-4,11-13,16H,5-8H2,(H,17,18). The lowest BCUT2D eigenvalue weighted by molar-refractivity contribution is 0.0697. The van der Waals surface area contributed by atoms with Crippen molar-refractivity contribution in [2.24, 2.45) is 0 Å². The number of aromatic carboxylic acids is 1. The summed E-state index contributed by atoms with van der Waals surface area (Å²) in [5.41, 5.74) is 1.41. The lowest BCUT2D eigenvalue weighted by Crippen LogP contribution is -2.44. The number of hydrogen-bond acceptors (Lipinski definition) is 3. The summed E-state index contributed by atoms with van der Waals surface area (Å²) in [4.78, 5) is 13.2. The van der Waals surface area contributed by atoms with Gasteiger partial charge in [-0.3, -0.25) is 0 Å². The fraction of sp³-hybridized carbons (Fsp3) is 0.500. The first-order chi connectivity index (χ1) is 8.65. The van der Waals surface area contributed by atoms with Crippen molar-refractivity contribution < 1.29 is 15.0 Å². The molecular formula is C14H17NO3. The molecule has 0 aromatic heterocycles. The second-order valence-corrected chi connectivity index (χ2v) is 5.27. The summed E-state index contributed by atoms with van der Waals surface area (Å²) in [6.45, 7) is 0. The van der Waals surface area contributed by atoms with Crippen molar-refractivity contribution in [3.05, 3.63) is 29.8 Å². The molecule has 1 aromatic rings. The summed E-state index contributed by atoms with van der Waals surface area (Å²) in [6, 6.07) is 7.90. The van der Waals surface area contributed by atoms with Gasteiger partial charge in [0.25, 0.3) is 0 Å². The van der Waals surface area contributed by atoms with Gasteiger partial charge < -0.3 is 15.1 Å². The summed E-state index contributed by atoms with van der Waals surface area (Å²) < 4.78 is 0. The molecule has 2 unspecified atom stereocenters. The highest BCUT2D eigenvalue weighted by Crippen LogP contribution is 2.39. The molecule has 0 radical (unpaired) electrons. The van der Waals surface area contributed by atoms with Crippen molar-refractivity contribution in [2.75, 3.05) is 4.90 Å². The number of nitrogens with zero attached hydrogens (tertiary/aromatic N) is 1. The molecule has 0 amide bonds. The van der Waals surface area contributed by atoms with Crippen LogP contribution >= 0.6 is 0 Å². The Hall–Kier alpha value is -1.55.